The van der Waals surface area contributed by atoms with Crippen LogP contribution in [-0.4, -0.2) is 18.5 Å². The van der Waals surface area contributed by atoms with Crippen molar-refractivity contribution in [3.05, 3.63) is 28.2 Å². The Hall–Kier alpha value is -1.01. The van der Waals surface area contributed by atoms with Gasteiger partial charge in [0.2, 0.25) is 5.91 Å². The summed E-state index contributed by atoms with van der Waals surface area (Å²) in [5, 5.41) is 5.59. The van der Waals surface area contributed by atoms with E-state index in [0.717, 1.165) is 25.5 Å². The SMILES string of the molecule is CC1CCNC(C(=O)Nc2cc(Br)c(F)cc2F)C1. The number of hydrogen-bond acceptors (Lipinski definition) is 2. The minimum atomic E-state index is -0.780. The summed E-state index contributed by atoms with van der Waals surface area (Å²) in [6.45, 7) is 2.85. The molecule has 104 valence electrons. The zero-order valence-corrected chi connectivity index (χ0v) is 12.1. The molecule has 0 bridgehead atoms. The molecule has 0 spiro atoms. The molecule has 1 heterocycles. The topological polar surface area (TPSA) is 41.1 Å². The fourth-order valence-electron chi connectivity index (χ4n) is 2.15. The number of anilines is 1. The molecule has 1 fully saturated rings. The summed E-state index contributed by atoms with van der Waals surface area (Å²) >= 11 is 2.97. The van der Waals surface area contributed by atoms with Crippen LogP contribution in [0.4, 0.5) is 14.5 Å². The fourth-order valence-corrected chi connectivity index (χ4v) is 2.49. The van der Waals surface area contributed by atoms with Gasteiger partial charge in [-0.2, -0.15) is 0 Å². The molecule has 1 aromatic rings. The minimum Gasteiger partial charge on any atom is -0.322 e. The van der Waals surface area contributed by atoms with Gasteiger partial charge in [0.05, 0.1) is 16.2 Å². The van der Waals surface area contributed by atoms with E-state index in [2.05, 4.69) is 33.5 Å². The van der Waals surface area contributed by atoms with Gasteiger partial charge in [-0.05, 0) is 47.3 Å². The monoisotopic (exact) mass is 332 g/mol. The summed E-state index contributed by atoms with van der Waals surface area (Å²) in [5.41, 5.74) is -0.0155. The van der Waals surface area contributed by atoms with Crippen LogP contribution in [0.5, 0.6) is 0 Å². The zero-order chi connectivity index (χ0) is 14.0. The van der Waals surface area contributed by atoms with Crippen molar-refractivity contribution in [1.29, 1.82) is 0 Å². The molecule has 2 atom stereocenters. The molecule has 19 heavy (non-hydrogen) atoms. The van der Waals surface area contributed by atoms with Gasteiger partial charge in [0, 0.05) is 6.07 Å². The van der Waals surface area contributed by atoms with Crippen LogP contribution in [0.3, 0.4) is 0 Å². The number of piperidine rings is 1. The van der Waals surface area contributed by atoms with Crippen LogP contribution in [0.2, 0.25) is 0 Å². The summed E-state index contributed by atoms with van der Waals surface area (Å²) in [6.07, 6.45) is 1.75. The maximum absolute atomic E-state index is 13.5. The Kier molecular flexibility index (Phi) is 4.52. The van der Waals surface area contributed by atoms with E-state index >= 15 is 0 Å². The van der Waals surface area contributed by atoms with E-state index in [9.17, 15) is 13.6 Å². The first-order chi connectivity index (χ1) is 8.97. The van der Waals surface area contributed by atoms with Gasteiger partial charge in [-0.3, -0.25) is 4.79 Å². The zero-order valence-electron chi connectivity index (χ0n) is 10.5. The van der Waals surface area contributed by atoms with Gasteiger partial charge in [0.15, 0.2) is 0 Å². The van der Waals surface area contributed by atoms with Gasteiger partial charge in [-0.15, -0.1) is 0 Å². The molecular formula is C13H15BrF2N2O. The number of amides is 1. The number of rotatable bonds is 2. The predicted molar refractivity (Wildman–Crippen MR) is 72.9 cm³/mol. The highest BCUT2D eigenvalue weighted by Crippen LogP contribution is 2.24. The number of nitrogens with one attached hydrogen (secondary N) is 2. The molecule has 0 aliphatic carbocycles. The Balaban J connectivity index is 2.08. The molecule has 1 amide bonds. The van der Waals surface area contributed by atoms with Gasteiger partial charge >= 0.3 is 0 Å². The van der Waals surface area contributed by atoms with Crippen molar-refractivity contribution < 1.29 is 13.6 Å². The summed E-state index contributed by atoms with van der Waals surface area (Å²) in [5.74, 6) is -1.30. The van der Waals surface area contributed by atoms with E-state index in [1.165, 1.54) is 6.07 Å². The fraction of sp³-hybridized carbons (Fsp3) is 0.462. The van der Waals surface area contributed by atoms with Crippen LogP contribution in [0, 0.1) is 17.6 Å². The lowest BCUT2D eigenvalue weighted by molar-refractivity contribution is -0.119. The number of halogens is 3. The lowest BCUT2D eigenvalue weighted by atomic mass is 9.94. The third kappa shape index (κ3) is 3.51. The van der Waals surface area contributed by atoms with E-state index in [1.807, 2.05) is 0 Å². The highest BCUT2D eigenvalue weighted by atomic mass is 79.9. The Bertz CT molecular complexity index is 496. The molecule has 2 rings (SSSR count). The Labute approximate surface area is 118 Å². The summed E-state index contributed by atoms with van der Waals surface area (Å²) in [7, 11) is 0. The smallest absolute Gasteiger partial charge is 0.241 e. The maximum atomic E-state index is 13.5. The van der Waals surface area contributed by atoms with Crippen LogP contribution in [0.15, 0.2) is 16.6 Å². The standard InChI is InChI=1S/C13H15BrF2N2O/c1-7-2-3-17-12(4-7)13(19)18-11-5-8(14)9(15)6-10(11)16/h5-7,12,17H,2-4H2,1H3,(H,18,19). The van der Waals surface area contributed by atoms with Crippen molar-refractivity contribution in [1.82, 2.24) is 5.32 Å². The number of benzene rings is 1. The van der Waals surface area contributed by atoms with Crippen molar-refractivity contribution in [2.24, 2.45) is 5.92 Å². The Morgan fingerprint density at radius 2 is 2.16 bits per heavy atom. The maximum Gasteiger partial charge on any atom is 0.241 e. The van der Waals surface area contributed by atoms with Crippen LogP contribution in [0.25, 0.3) is 0 Å². The van der Waals surface area contributed by atoms with Crippen LogP contribution in [0.1, 0.15) is 19.8 Å². The molecule has 1 aliphatic heterocycles. The molecule has 0 aromatic heterocycles. The van der Waals surface area contributed by atoms with Gasteiger partial charge in [-0.1, -0.05) is 6.92 Å². The van der Waals surface area contributed by atoms with Gasteiger partial charge in [0.1, 0.15) is 11.6 Å². The van der Waals surface area contributed by atoms with E-state index in [1.54, 1.807) is 0 Å². The van der Waals surface area contributed by atoms with Crippen molar-refractivity contribution in [3.8, 4) is 0 Å². The first-order valence-corrected chi connectivity index (χ1v) is 6.95. The van der Waals surface area contributed by atoms with Gasteiger partial charge in [0.25, 0.3) is 0 Å². The summed E-state index contributed by atoms with van der Waals surface area (Å²) in [6, 6.07) is 1.65. The molecule has 0 saturated carbocycles. The molecule has 2 N–H and O–H groups in total. The summed E-state index contributed by atoms with van der Waals surface area (Å²) < 4.78 is 26.7. The van der Waals surface area contributed by atoms with E-state index in [0.29, 0.717) is 5.92 Å². The molecule has 1 aromatic carbocycles. The molecule has 3 nitrogen and oxygen atoms in total. The predicted octanol–water partition coefficient (Wildman–Crippen LogP) is 3.05. The second-order valence-electron chi connectivity index (χ2n) is 4.87. The van der Waals surface area contributed by atoms with Crippen LogP contribution >= 0.6 is 15.9 Å². The third-order valence-electron chi connectivity index (χ3n) is 3.25. The number of hydrogen-bond donors (Lipinski definition) is 2. The average Bonchev–Trinajstić information content (AvgIpc) is 2.36. The number of carbonyl (C=O) groups excluding carboxylic acids is 1. The molecule has 1 saturated heterocycles. The van der Waals surface area contributed by atoms with Crippen molar-refractivity contribution in [2.75, 3.05) is 11.9 Å². The molecule has 6 heteroatoms. The van der Waals surface area contributed by atoms with E-state index < -0.39 is 11.6 Å². The van der Waals surface area contributed by atoms with Crippen molar-refractivity contribution >= 4 is 27.5 Å². The largest absolute Gasteiger partial charge is 0.322 e. The molecule has 1 aliphatic rings. The van der Waals surface area contributed by atoms with Gasteiger partial charge in [-0.25, -0.2) is 8.78 Å². The van der Waals surface area contributed by atoms with Crippen molar-refractivity contribution in [3.63, 3.8) is 0 Å². The highest BCUT2D eigenvalue weighted by molar-refractivity contribution is 9.10. The Morgan fingerprint density at radius 1 is 1.42 bits per heavy atom. The Morgan fingerprint density at radius 3 is 2.84 bits per heavy atom. The lowest BCUT2D eigenvalue weighted by Gasteiger charge is -2.27. The first kappa shape index (κ1) is 14.4. The van der Waals surface area contributed by atoms with E-state index in [4.69, 9.17) is 0 Å². The average molecular weight is 333 g/mol. The highest BCUT2D eigenvalue weighted by Gasteiger charge is 2.25. The normalized spacial score (nSPS) is 23.2. The third-order valence-corrected chi connectivity index (χ3v) is 3.86. The molecular weight excluding hydrogens is 318 g/mol. The first-order valence-electron chi connectivity index (χ1n) is 6.16. The van der Waals surface area contributed by atoms with Crippen LogP contribution < -0.4 is 10.6 Å². The molecule has 0 radical (unpaired) electrons. The lowest BCUT2D eigenvalue weighted by Crippen LogP contribution is -2.45. The second-order valence-corrected chi connectivity index (χ2v) is 5.73. The minimum absolute atomic E-state index is 0.0155. The van der Waals surface area contributed by atoms with Crippen molar-refractivity contribution in [2.45, 2.75) is 25.8 Å². The van der Waals surface area contributed by atoms with E-state index in [-0.39, 0.29) is 22.1 Å². The van der Waals surface area contributed by atoms with Gasteiger partial charge < -0.3 is 10.6 Å². The van der Waals surface area contributed by atoms with Crippen LogP contribution in [-0.2, 0) is 4.79 Å². The number of carbonyl (C=O) groups is 1. The second kappa shape index (κ2) is 5.96. The molecule has 2 unspecified atom stereocenters. The quantitative estimate of drug-likeness (QED) is 0.817. The summed E-state index contributed by atoms with van der Waals surface area (Å²) in [4.78, 5) is 12.0.